The molecule has 1 aliphatic rings. The monoisotopic (exact) mass is 370 g/mol. The van der Waals surface area contributed by atoms with E-state index in [1.165, 1.54) is 51.0 Å². The molecule has 0 aliphatic carbocycles. The molecule has 1 N–H and O–H groups in total. The summed E-state index contributed by atoms with van der Waals surface area (Å²) in [5, 5.41) is 9.79. The van der Waals surface area contributed by atoms with Gasteiger partial charge in [-0.15, -0.1) is 0 Å². The van der Waals surface area contributed by atoms with Crippen LogP contribution in [-0.4, -0.2) is 36.2 Å². The van der Waals surface area contributed by atoms with Crippen molar-refractivity contribution in [3.63, 3.8) is 0 Å². The van der Waals surface area contributed by atoms with Crippen molar-refractivity contribution in [3.05, 3.63) is 11.6 Å². The van der Waals surface area contributed by atoms with Crippen LogP contribution in [-0.2, 0) is 19.0 Å². The first-order valence-electron chi connectivity index (χ1n) is 10.0. The van der Waals surface area contributed by atoms with Gasteiger partial charge in [0.1, 0.15) is 6.10 Å². The molecular weight excluding hydrogens is 336 g/mol. The number of rotatable bonds is 14. The van der Waals surface area contributed by atoms with Crippen LogP contribution < -0.4 is 0 Å². The third-order valence-electron chi connectivity index (χ3n) is 4.49. The molecule has 0 aromatic heterocycles. The van der Waals surface area contributed by atoms with Crippen molar-refractivity contribution in [2.45, 2.75) is 96.9 Å². The Morgan fingerprint density at radius 2 is 1.65 bits per heavy atom. The van der Waals surface area contributed by atoms with Crippen LogP contribution >= 0.6 is 0 Å². The second-order valence-corrected chi connectivity index (χ2v) is 6.69. The number of hydrogen-bond acceptors (Lipinski definition) is 6. The summed E-state index contributed by atoms with van der Waals surface area (Å²) >= 11 is 0. The van der Waals surface area contributed by atoms with E-state index in [0.717, 1.165) is 19.3 Å². The van der Waals surface area contributed by atoms with Crippen LogP contribution in [0.5, 0.6) is 0 Å². The van der Waals surface area contributed by atoms with Crippen molar-refractivity contribution < 1.29 is 28.9 Å². The van der Waals surface area contributed by atoms with Crippen molar-refractivity contribution in [2.24, 2.45) is 0 Å². The third kappa shape index (κ3) is 9.22. The van der Waals surface area contributed by atoms with E-state index in [9.17, 15) is 14.7 Å². The molecule has 0 fully saturated rings. The van der Waals surface area contributed by atoms with Crippen LogP contribution in [0.25, 0.3) is 0 Å². The lowest BCUT2D eigenvalue weighted by Gasteiger charge is -2.20. The summed E-state index contributed by atoms with van der Waals surface area (Å²) in [5.74, 6) is -0.618. The fourth-order valence-corrected chi connectivity index (χ4v) is 3.05. The van der Waals surface area contributed by atoms with Gasteiger partial charge in [0.05, 0.1) is 6.61 Å². The quantitative estimate of drug-likeness (QED) is 0.354. The summed E-state index contributed by atoms with van der Waals surface area (Å²) in [5.41, 5.74) is 0.291. The second kappa shape index (κ2) is 13.6. The number of hydrogen-bond donors (Lipinski definition) is 1. The smallest absolute Gasteiger partial charge is 0.435 e. The zero-order valence-corrected chi connectivity index (χ0v) is 16.2. The zero-order valence-electron chi connectivity index (χ0n) is 16.2. The maximum Gasteiger partial charge on any atom is 0.508 e. The normalized spacial score (nSPS) is 17.6. The summed E-state index contributed by atoms with van der Waals surface area (Å²) in [6.07, 6.45) is 10.9. The summed E-state index contributed by atoms with van der Waals surface area (Å²) in [4.78, 5) is 22.9. The lowest BCUT2D eigenvalue weighted by Crippen LogP contribution is -2.26. The first-order valence-corrected chi connectivity index (χ1v) is 10.0. The summed E-state index contributed by atoms with van der Waals surface area (Å²) in [6.45, 7) is 4.12. The molecule has 0 amide bonds. The number of cyclic esters (lactones) is 1. The lowest BCUT2D eigenvalue weighted by atomic mass is 10.0. The van der Waals surface area contributed by atoms with E-state index in [4.69, 9.17) is 9.47 Å². The predicted octanol–water partition coefficient (Wildman–Crippen LogP) is 4.64. The molecular formula is C20H34O6. The SMILES string of the molecule is CCCCCCCCCCCCC(OC(=O)OCC)C1=CC(=O)OC1O. The first-order chi connectivity index (χ1) is 12.6. The Bertz CT molecular complexity index is 446. The van der Waals surface area contributed by atoms with E-state index < -0.39 is 24.5 Å². The molecule has 6 heteroatoms. The van der Waals surface area contributed by atoms with E-state index in [-0.39, 0.29) is 6.61 Å². The number of ether oxygens (including phenoxy) is 3. The fraction of sp³-hybridized carbons (Fsp3) is 0.800. The van der Waals surface area contributed by atoms with Gasteiger partial charge in [0, 0.05) is 11.6 Å². The average Bonchev–Trinajstić information content (AvgIpc) is 2.94. The zero-order chi connectivity index (χ0) is 19.2. The molecule has 6 nitrogen and oxygen atoms in total. The number of unbranched alkanes of at least 4 members (excludes halogenated alkanes) is 9. The van der Waals surface area contributed by atoms with Gasteiger partial charge in [0.2, 0.25) is 6.29 Å². The van der Waals surface area contributed by atoms with Gasteiger partial charge in [0.25, 0.3) is 0 Å². The van der Waals surface area contributed by atoms with Crippen LogP contribution in [0.15, 0.2) is 11.6 Å². The maximum atomic E-state index is 11.6. The molecule has 0 radical (unpaired) electrons. The summed E-state index contributed by atoms with van der Waals surface area (Å²) in [7, 11) is 0. The van der Waals surface area contributed by atoms with E-state index in [1.807, 2.05) is 0 Å². The second-order valence-electron chi connectivity index (χ2n) is 6.69. The molecule has 0 spiro atoms. The van der Waals surface area contributed by atoms with E-state index in [0.29, 0.717) is 12.0 Å². The minimum atomic E-state index is -1.34. The molecule has 0 saturated carbocycles. The lowest BCUT2D eigenvalue weighted by molar-refractivity contribution is -0.152. The first kappa shape index (κ1) is 22.5. The standard InChI is InChI=1S/C20H34O6/c1-3-5-6-7-8-9-10-11-12-13-14-17(25-20(23)24-4-2)16-15-18(21)26-19(16)22/h15,17,19,22H,3-14H2,1-2H3. The summed E-state index contributed by atoms with van der Waals surface area (Å²) in [6, 6.07) is 0. The van der Waals surface area contributed by atoms with Crippen LogP contribution in [0.1, 0.15) is 84.5 Å². The summed E-state index contributed by atoms with van der Waals surface area (Å²) < 4.78 is 14.7. The van der Waals surface area contributed by atoms with Crippen LogP contribution in [0, 0.1) is 0 Å². The van der Waals surface area contributed by atoms with Gasteiger partial charge in [-0.3, -0.25) is 0 Å². The van der Waals surface area contributed by atoms with Gasteiger partial charge in [-0.05, 0) is 19.8 Å². The minimum absolute atomic E-state index is 0.209. The van der Waals surface area contributed by atoms with Crippen LogP contribution in [0.4, 0.5) is 4.79 Å². The molecule has 0 saturated heterocycles. The highest BCUT2D eigenvalue weighted by molar-refractivity contribution is 5.86. The van der Waals surface area contributed by atoms with Crippen molar-refractivity contribution in [3.8, 4) is 0 Å². The molecule has 0 bridgehead atoms. The third-order valence-corrected chi connectivity index (χ3v) is 4.49. The Labute approximate surface area is 156 Å². The molecule has 26 heavy (non-hydrogen) atoms. The van der Waals surface area contributed by atoms with Crippen molar-refractivity contribution in [1.82, 2.24) is 0 Å². The average molecular weight is 370 g/mol. The molecule has 2 unspecified atom stereocenters. The Balaban J connectivity index is 2.27. The van der Waals surface area contributed by atoms with Crippen molar-refractivity contribution >= 4 is 12.1 Å². The number of esters is 1. The van der Waals surface area contributed by atoms with E-state index >= 15 is 0 Å². The van der Waals surface area contributed by atoms with Gasteiger partial charge in [-0.25, -0.2) is 9.59 Å². The number of carbonyl (C=O) groups excluding carboxylic acids is 2. The predicted molar refractivity (Wildman–Crippen MR) is 98.5 cm³/mol. The molecule has 2 atom stereocenters. The number of aliphatic hydroxyl groups excluding tert-OH is 1. The molecule has 1 rings (SSSR count). The van der Waals surface area contributed by atoms with Gasteiger partial charge in [-0.1, -0.05) is 64.7 Å². The Morgan fingerprint density at radius 1 is 1.08 bits per heavy atom. The van der Waals surface area contributed by atoms with Crippen molar-refractivity contribution in [1.29, 1.82) is 0 Å². The molecule has 150 valence electrons. The molecule has 0 aromatic rings. The van der Waals surface area contributed by atoms with E-state index in [1.54, 1.807) is 6.92 Å². The van der Waals surface area contributed by atoms with Crippen molar-refractivity contribution in [2.75, 3.05) is 6.61 Å². The van der Waals surface area contributed by atoms with Gasteiger partial charge < -0.3 is 19.3 Å². The highest BCUT2D eigenvalue weighted by Gasteiger charge is 2.32. The van der Waals surface area contributed by atoms with Gasteiger partial charge in [0.15, 0.2) is 0 Å². The maximum absolute atomic E-state index is 11.6. The minimum Gasteiger partial charge on any atom is -0.435 e. The fourth-order valence-electron chi connectivity index (χ4n) is 3.05. The van der Waals surface area contributed by atoms with Gasteiger partial charge >= 0.3 is 12.1 Å². The van der Waals surface area contributed by atoms with Crippen LogP contribution in [0.2, 0.25) is 0 Å². The number of aliphatic hydroxyl groups is 1. The van der Waals surface area contributed by atoms with Crippen LogP contribution in [0.3, 0.4) is 0 Å². The Hall–Kier alpha value is -1.56. The topological polar surface area (TPSA) is 82.1 Å². The molecule has 1 heterocycles. The number of carbonyl (C=O) groups is 2. The highest BCUT2D eigenvalue weighted by Crippen LogP contribution is 2.24. The molecule has 0 aromatic carbocycles. The van der Waals surface area contributed by atoms with E-state index in [2.05, 4.69) is 11.7 Å². The highest BCUT2D eigenvalue weighted by atomic mass is 16.7. The van der Waals surface area contributed by atoms with Gasteiger partial charge in [-0.2, -0.15) is 0 Å². The Kier molecular flexibility index (Phi) is 11.8. The Morgan fingerprint density at radius 3 is 2.15 bits per heavy atom. The largest absolute Gasteiger partial charge is 0.508 e. The molecule has 1 aliphatic heterocycles.